The Hall–Kier alpha value is -2.02. The van der Waals surface area contributed by atoms with Gasteiger partial charge >= 0.3 is 0 Å². The maximum Gasteiger partial charge on any atom is 0.293 e. The molecule has 1 N–H and O–H groups in total. The highest BCUT2D eigenvalue weighted by atomic mass is 16.3. The van der Waals surface area contributed by atoms with E-state index in [2.05, 4.69) is 15.1 Å². The quantitative estimate of drug-likeness (QED) is 0.836. The third-order valence-electron chi connectivity index (χ3n) is 3.77. The monoisotopic (exact) mass is 289 g/mol. The fourth-order valence-corrected chi connectivity index (χ4v) is 2.79. The lowest BCUT2D eigenvalue weighted by atomic mass is 9.95. The Morgan fingerprint density at radius 3 is 2.86 bits per heavy atom. The van der Waals surface area contributed by atoms with E-state index in [4.69, 9.17) is 0 Å². The van der Waals surface area contributed by atoms with E-state index in [1.54, 1.807) is 16.3 Å². The normalized spacial score (nSPS) is 22.8. The molecule has 1 amide bonds. The fraction of sp³-hybridized carbons (Fsp3) is 0.571. The molecule has 1 saturated heterocycles. The van der Waals surface area contributed by atoms with E-state index in [1.165, 1.54) is 0 Å². The van der Waals surface area contributed by atoms with Gasteiger partial charge in [0.05, 0.1) is 5.60 Å². The van der Waals surface area contributed by atoms with Crippen molar-refractivity contribution in [2.24, 2.45) is 0 Å². The van der Waals surface area contributed by atoms with Gasteiger partial charge in [0.1, 0.15) is 0 Å². The van der Waals surface area contributed by atoms with Crippen molar-refractivity contribution in [2.45, 2.75) is 39.2 Å². The Kier molecular flexibility index (Phi) is 3.16. The largest absolute Gasteiger partial charge is 0.388 e. The number of rotatable bonds is 1. The number of aromatic nitrogens is 4. The topological polar surface area (TPSA) is 83.6 Å². The van der Waals surface area contributed by atoms with E-state index in [1.807, 2.05) is 19.9 Å². The SMILES string of the molecule is Cc1cc(C)n2nc(C(=O)N3CCCC(C)(O)C3)nc2n1. The maximum absolute atomic E-state index is 12.5. The number of carbonyl (C=O) groups is 1. The van der Waals surface area contributed by atoms with Crippen LogP contribution in [0.2, 0.25) is 0 Å². The van der Waals surface area contributed by atoms with Crippen LogP contribution in [0.25, 0.3) is 5.78 Å². The number of amides is 1. The summed E-state index contributed by atoms with van der Waals surface area (Å²) in [4.78, 5) is 22.6. The van der Waals surface area contributed by atoms with Gasteiger partial charge in [0.25, 0.3) is 11.7 Å². The first-order chi connectivity index (χ1) is 9.85. The Morgan fingerprint density at radius 2 is 2.14 bits per heavy atom. The zero-order valence-electron chi connectivity index (χ0n) is 12.5. The molecule has 0 bridgehead atoms. The fourth-order valence-electron chi connectivity index (χ4n) is 2.79. The predicted octanol–water partition coefficient (Wildman–Crippen LogP) is 0.728. The van der Waals surface area contributed by atoms with Crippen LogP contribution in [-0.2, 0) is 0 Å². The van der Waals surface area contributed by atoms with Gasteiger partial charge in [-0.05, 0) is 39.7 Å². The second-order valence-corrected chi connectivity index (χ2v) is 6.01. The molecule has 1 fully saturated rings. The van der Waals surface area contributed by atoms with Gasteiger partial charge in [-0.3, -0.25) is 4.79 Å². The van der Waals surface area contributed by atoms with Crippen LogP contribution in [0.1, 0.15) is 41.8 Å². The van der Waals surface area contributed by atoms with E-state index in [9.17, 15) is 9.90 Å². The summed E-state index contributed by atoms with van der Waals surface area (Å²) in [6, 6.07) is 1.89. The van der Waals surface area contributed by atoms with Gasteiger partial charge in [-0.1, -0.05) is 0 Å². The molecule has 0 saturated carbocycles. The minimum absolute atomic E-state index is 0.133. The zero-order chi connectivity index (χ0) is 15.2. The van der Waals surface area contributed by atoms with Gasteiger partial charge in [0.15, 0.2) is 0 Å². The summed E-state index contributed by atoms with van der Waals surface area (Å²) in [5.41, 5.74) is 0.889. The van der Waals surface area contributed by atoms with Crippen LogP contribution in [0.15, 0.2) is 6.07 Å². The first kappa shape index (κ1) is 13.9. The summed E-state index contributed by atoms with van der Waals surface area (Å²) < 4.78 is 1.57. The molecule has 7 nitrogen and oxygen atoms in total. The summed E-state index contributed by atoms with van der Waals surface area (Å²) in [7, 11) is 0. The van der Waals surface area contributed by atoms with Gasteiger partial charge in [0, 0.05) is 24.5 Å². The minimum Gasteiger partial charge on any atom is -0.388 e. The molecule has 112 valence electrons. The molecule has 21 heavy (non-hydrogen) atoms. The number of hydrogen-bond donors (Lipinski definition) is 1. The lowest BCUT2D eigenvalue weighted by Gasteiger charge is -2.36. The molecule has 1 atom stereocenters. The standard InChI is InChI=1S/C14H19N5O2/c1-9-7-10(2)19-13(15-9)16-11(17-19)12(20)18-6-4-5-14(3,21)8-18/h7,21H,4-6,8H2,1-3H3. The first-order valence-electron chi connectivity index (χ1n) is 7.08. The Bertz CT molecular complexity index is 707. The van der Waals surface area contributed by atoms with E-state index in [-0.39, 0.29) is 11.7 Å². The van der Waals surface area contributed by atoms with Crippen molar-refractivity contribution in [2.75, 3.05) is 13.1 Å². The van der Waals surface area contributed by atoms with E-state index < -0.39 is 5.60 Å². The van der Waals surface area contributed by atoms with Gasteiger partial charge < -0.3 is 10.0 Å². The zero-order valence-corrected chi connectivity index (χ0v) is 12.5. The number of aliphatic hydroxyl groups is 1. The molecule has 1 aliphatic heterocycles. The molecule has 3 rings (SSSR count). The van der Waals surface area contributed by atoms with Crippen LogP contribution < -0.4 is 0 Å². The second kappa shape index (κ2) is 4.77. The second-order valence-electron chi connectivity index (χ2n) is 6.01. The van der Waals surface area contributed by atoms with Crippen LogP contribution in [0.3, 0.4) is 0 Å². The van der Waals surface area contributed by atoms with E-state index >= 15 is 0 Å². The molecule has 0 aliphatic carbocycles. The highest BCUT2D eigenvalue weighted by Gasteiger charge is 2.32. The van der Waals surface area contributed by atoms with Gasteiger partial charge in [-0.15, -0.1) is 5.10 Å². The van der Waals surface area contributed by atoms with Gasteiger partial charge in [-0.2, -0.15) is 4.98 Å². The molecule has 7 heteroatoms. The lowest BCUT2D eigenvalue weighted by molar-refractivity contribution is -0.0111. The molecule has 2 aromatic heterocycles. The summed E-state index contributed by atoms with van der Waals surface area (Å²) in [6.07, 6.45) is 1.48. The highest BCUT2D eigenvalue weighted by molar-refractivity contribution is 5.91. The molecule has 1 unspecified atom stereocenters. The number of piperidine rings is 1. The maximum atomic E-state index is 12.5. The van der Waals surface area contributed by atoms with Crippen LogP contribution >= 0.6 is 0 Å². The van der Waals surface area contributed by atoms with Crippen molar-refractivity contribution in [3.63, 3.8) is 0 Å². The number of fused-ring (bicyclic) bond motifs is 1. The Labute approximate surface area is 122 Å². The third-order valence-corrected chi connectivity index (χ3v) is 3.77. The van der Waals surface area contributed by atoms with Gasteiger partial charge in [0.2, 0.25) is 5.82 Å². The minimum atomic E-state index is -0.835. The summed E-state index contributed by atoms with van der Waals surface area (Å²) in [5.74, 6) is 0.311. The number of nitrogens with zero attached hydrogens (tertiary/aromatic N) is 5. The molecule has 0 aromatic carbocycles. The van der Waals surface area contributed by atoms with E-state index in [0.717, 1.165) is 17.8 Å². The van der Waals surface area contributed by atoms with Crippen LogP contribution in [0.4, 0.5) is 0 Å². The summed E-state index contributed by atoms with van der Waals surface area (Å²) >= 11 is 0. The van der Waals surface area contributed by atoms with Crippen LogP contribution in [0.5, 0.6) is 0 Å². The molecule has 2 aromatic rings. The average Bonchev–Trinajstić information content (AvgIpc) is 2.80. The number of aryl methyl sites for hydroxylation is 2. The van der Waals surface area contributed by atoms with Crippen molar-refractivity contribution in [1.29, 1.82) is 0 Å². The highest BCUT2D eigenvalue weighted by Crippen LogP contribution is 2.21. The van der Waals surface area contributed by atoms with Crippen LogP contribution in [-0.4, -0.2) is 54.2 Å². The van der Waals surface area contributed by atoms with E-state index in [0.29, 0.717) is 25.3 Å². The Balaban J connectivity index is 1.93. The third kappa shape index (κ3) is 2.61. The summed E-state index contributed by atoms with van der Waals surface area (Å²) in [5, 5.41) is 14.4. The molecule has 1 aliphatic rings. The molecule has 0 spiro atoms. The number of likely N-dealkylation sites (tertiary alicyclic amines) is 1. The van der Waals surface area contributed by atoms with Crippen molar-refractivity contribution in [3.05, 3.63) is 23.3 Å². The van der Waals surface area contributed by atoms with Crippen molar-refractivity contribution in [1.82, 2.24) is 24.5 Å². The Morgan fingerprint density at radius 1 is 1.38 bits per heavy atom. The number of hydrogen-bond acceptors (Lipinski definition) is 5. The average molecular weight is 289 g/mol. The van der Waals surface area contributed by atoms with Crippen LogP contribution in [0, 0.1) is 13.8 Å². The molecular formula is C14H19N5O2. The molecule has 3 heterocycles. The predicted molar refractivity (Wildman–Crippen MR) is 76.0 cm³/mol. The van der Waals surface area contributed by atoms with Crippen molar-refractivity contribution >= 4 is 11.7 Å². The number of carbonyl (C=O) groups excluding carboxylic acids is 1. The molecule has 0 radical (unpaired) electrons. The lowest BCUT2D eigenvalue weighted by Crippen LogP contribution is -2.48. The summed E-state index contributed by atoms with van der Waals surface area (Å²) in [6.45, 7) is 6.46. The molecular weight excluding hydrogens is 270 g/mol. The van der Waals surface area contributed by atoms with Crippen molar-refractivity contribution < 1.29 is 9.90 Å². The first-order valence-corrected chi connectivity index (χ1v) is 7.08. The number of β-amino-alcohol motifs (C(OH)–C–C–N with tert-alkyl or cyclic N) is 1. The smallest absolute Gasteiger partial charge is 0.293 e. The van der Waals surface area contributed by atoms with Crippen molar-refractivity contribution in [3.8, 4) is 0 Å². The van der Waals surface area contributed by atoms with Gasteiger partial charge in [-0.25, -0.2) is 9.50 Å².